The molecule has 1 aliphatic carbocycles. The second-order valence-corrected chi connectivity index (χ2v) is 5.89. The van der Waals surface area contributed by atoms with Gasteiger partial charge in [-0.25, -0.2) is 0 Å². The molecule has 0 radical (unpaired) electrons. The van der Waals surface area contributed by atoms with Gasteiger partial charge in [0, 0.05) is 12.5 Å². The molecule has 1 spiro atoms. The molecule has 1 unspecified atom stereocenters. The summed E-state index contributed by atoms with van der Waals surface area (Å²) in [7, 11) is 0. The van der Waals surface area contributed by atoms with Gasteiger partial charge >= 0.3 is 0 Å². The summed E-state index contributed by atoms with van der Waals surface area (Å²) in [4.78, 5) is 13.4. The molecule has 1 aliphatic heterocycles. The molecule has 1 aromatic carbocycles. The Kier molecular flexibility index (Phi) is 3.21. The standard InChI is InChI=1S/C16H21NO/c18-13-15-12-16(15)7-10-17(11-8-16)9-6-14-4-2-1-3-5-14/h1-5,13,15H,6-12H2. The summed E-state index contributed by atoms with van der Waals surface area (Å²) in [6, 6.07) is 10.7. The summed E-state index contributed by atoms with van der Waals surface area (Å²) in [6.07, 6.45) is 5.93. The van der Waals surface area contributed by atoms with Gasteiger partial charge in [-0.15, -0.1) is 0 Å². The summed E-state index contributed by atoms with van der Waals surface area (Å²) >= 11 is 0. The monoisotopic (exact) mass is 243 g/mol. The Morgan fingerprint density at radius 3 is 2.56 bits per heavy atom. The zero-order chi connectivity index (χ0) is 12.4. The maximum atomic E-state index is 10.8. The molecule has 1 aromatic rings. The van der Waals surface area contributed by atoms with Gasteiger partial charge in [-0.3, -0.25) is 0 Å². The van der Waals surface area contributed by atoms with Crippen LogP contribution in [-0.4, -0.2) is 30.8 Å². The average molecular weight is 243 g/mol. The summed E-state index contributed by atoms with van der Waals surface area (Å²) in [5.74, 6) is 0.383. The van der Waals surface area contributed by atoms with Gasteiger partial charge in [-0.2, -0.15) is 0 Å². The number of likely N-dealkylation sites (tertiary alicyclic amines) is 1. The van der Waals surface area contributed by atoms with Crippen molar-refractivity contribution in [2.45, 2.75) is 25.7 Å². The van der Waals surface area contributed by atoms with Crippen molar-refractivity contribution in [3.05, 3.63) is 35.9 Å². The quantitative estimate of drug-likeness (QED) is 0.757. The fraction of sp³-hybridized carbons (Fsp3) is 0.562. The first-order valence-corrected chi connectivity index (χ1v) is 7.04. The Balaban J connectivity index is 1.45. The minimum absolute atomic E-state index is 0.383. The fourth-order valence-electron chi connectivity index (χ4n) is 3.30. The van der Waals surface area contributed by atoms with Crippen LogP contribution in [0.25, 0.3) is 0 Å². The van der Waals surface area contributed by atoms with Crippen LogP contribution in [0.2, 0.25) is 0 Å². The molecule has 2 fully saturated rings. The van der Waals surface area contributed by atoms with E-state index in [1.165, 1.54) is 37.8 Å². The lowest BCUT2D eigenvalue weighted by molar-refractivity contribution is -0.109. The van der Waals surface area contributed by atoms with E-state index in [9.17, 15) is 4.79 Å². The smallest absolute Gasteiger partial charge is 0.123 e. The van der Waals surface area contributed by atoms with Crippen LogP contribution in [0.3, 0.4) is 0 Å². The molecule has 96 valence electrons. The highest BCUT2D eigenvalue weighted by Crippen LogP contribution is 2.58. The second-order valence-electron chi connectivity index (χ2n) is 5.89. The van der Waals surface area contributed by atoms with E-state index < -0.39 is 0 Å². The summed E-state index contributed by atoms with van der Waals surface area (Å²) in [6.45, 7) is 3.51. The molecule has 1 heterocycles. The number of rotatable bonds is 4. The van der Waals surface area contributed by atoms with Gasteiger partial charge in [-0.1, -0.05) is 30.3 Å². The van der Waals surface area contributed by atoms with Crippen LogP contribution in [0, 0.1) is 11.3 Å². The lowest BCUT2D eigenvalue weighted by Crippen LogP contribution is -2.36. The van der Waals surface area contributed by atoms with Gasteiger partial charge in [0.1, 0.15) is 6.29 Å². The molecular formula is C16H21NO. The summed E-state index contributed by atoms with van der Waals surface area (Å²) in [5, 5.41) is 0. The van der Waals surface area contributed by atoms with Gasteiger partial charge in [-0.05, 0) is 49.8 Å². The highest BCUT2D eigenvalue weighted by Gasteiger charge is 2.54. The zero-order valence-electron chi connectivity index (χ0n) is 10.8. The SMILES string of the molecule is O=CC1CC12CCN(CCc1ccccc1)CC2. The molecule has 1 saturated heterocycles. The molecule has 18 heavy (non-hydrogen) atoms. The zero-order valence-corrected chi connectivity index (χ0v) is 10.8. The number of benzene rings is 1. The summed E-state index contributed by atoms with van der Waals surface area (Å²) < 4.78 is 0. The first-order valence-electron chi connectivity index (χ1n) is 7.04. The maximum absolute atomic E-state index is 10.8. The maximum Gasteiger partial charge on any atom is 0.123 e. The average Bonchev–Trinajstić information content (AvgIpc) is 3.12. The third-order valence-corrected chi connectivity index (χ3v) is 4.83. The lowest BCUT2D eigenvalue weighted by atomic mass is 9.91. The minimum atomic E-state index is 0.383. The first-order chi connectivity index (χ1) is 8.82. The van der Waals surface area contributed by atoms with E-state index in [0.717, 1.165) is 19.4 Å². The number of piperidine rings is 1. The second kappa shape index (κ2) is 4.85. The van der Waals surface area contributed by atoms with Crippen LogP contribution in [0.5, 0.6) is 0 Å². The van der Waals surface area contributed by atoms with Gasteiger partial charge in [0.05, 0.1) is 0 Å². The molecule has 3 rings (SSSR count). The fourth-order valence-corrected chi connectivity index (χ4v) is 3.30. The predicted octanol–water partition coefficient (Wildman–Crippen LogP) is 2.53. The van der Waals surface area contributed by atoms with Gasteiger partial charge in [0.15, 0.2) is 0 Å². The van der Waals surface area contributed by atoms with Crippen LogP contribution in [-0.2, 0) is 11.2 Å². The number of carbonyl (C=O) groups excluding carboxylic acids is 1. The Hall–Kier alpha value is -1.15. The molecule has 0 amide bonds. The van der Waals surface area contributed by atoms with Crippen LogP contribution >= 0.6 is 0 Å². The molecule has 1 atom stereocenters. The molecule has 0 bridgehead atoms. The number of nitrogens with zero attached hydrogens (tertiary/aromatic N) is 1. The van der Waals surface area contributed by atoms with E-state index in [2.05, 4.69) is 35.2 Å². The van der Waals surface area contributed by atoms with E-state index >= 15 is 0 Å². The number of hydrogen-bond donors (Lipinski definition) is 0. The topological polar surface area (TPSA) is 20.3 Å². The minimum Gasteiger partial charge on any atom is -0.303 e. The largest absolute Gasteiger partial charge is 0.303 e. The lowest BCUT2D eigenvalue weighted by Gasteiger charge is -2.32. The van der Waals surface area contributed by atoms with Crippen molar-refractivity contribution in [1.29, 1.82) is 0 Å². The van der Waals surface area contributed by atoms with Crippen LogP contribution in [0.4, 0.5) is 0 Å². The molecular weight excluding hydrogens is 222 g/mol. The van der Waals surface area contributed by atoms with E-state index in [1.54, 1.807) is 0 Å². The van der Waals surface area contributed by atoms with Crippen molar-refractivity contribution in [2.24, 2.45) is 11.3 Å². The third kappa shape index (κ3) is 2.35. The predicted molar refractivity (Wildman–Crippen MR) is 72.4 cm³/mol. The van der Waals surface area contributed by atoms with Crippen LogP contribution < -0.4 is 0 Å². The van der Waals surface area contributed by atoms with E-state index in [1.807, 2.05) is 0 Å². The molecule has 0 aromatic heterocycles. The Morgan fingerprint density at radius 1 is 1.22 bits per heavy atom. The number of hydrogen-bond acceptors (Lipinski definition) is 2. The van der Waals surface area contributed by atoms with E-state index in [4.69, 9.17) is 0 Å². The third-order valence-electron chi connectivity index (χ3n) is 4.83. The highest BCUT2D eigenvalue weighted by atomic mass is 16.1. The van der Waals surface area contributed by atoms with E-state index in [-0.39, 0.29) is 0 Å². The molecule has 2 aliphatic rings. The summed E-state index contributed by atoms with van der Waals surface area (Å²) in [5.41, 5.74) is 1.85. The van der Waals surface area contributed by atoms with Crippen molar-refractivity contribution in [2.75, 3.05) is 19.6 Å². The Bertz CT molecular complexity index is 406. The molecule has 2 nitrogen and oxygen atoms in total. The van der Waals surface area contributed by atoms with Gasteiger partial charge in [0.25, 0.3) is 0 Å². The van der Waals surface area contributed by atoms with Crippen molar-refractivity contribution in [3.63, 3.8) is 0 Å². The molecule has 2 heteroatoms. The van der Waals surface area contributed by atoms with Crippen LogP contribution in [0.15, 0.2) is 30.3 Å². The number of carbonyl (C=O) groups is 1. The van der Waals surface area contributed by atoms with Gasteiger partial charge in [0.2, 0.25) is 0 Å². The first kappa shape index (κ1) is 11.9. The van der Waals surface area contributed by atoms with Crippen LogP contribution in [0.1, 0.15) is 24.8 Å². The highest BCUT2D eigenvalue weighted by molar-refractivity contribution is 5.60. The normalized spacial score (nSPS) is 26.1. The van der Waals surface area contributed by atoms with E-state index in [0.29, 0.717) is 11.3 Å². The molecule has 0 N–H and O–H groups in total. The van der Waals surface area contributed by atoms with Crippen molar-refractivity contribution < 1.29 is 4.79 Å². The number of aldehydes is 1. The van der Waals surface area contributed by atoms with Crippen molar-refractivity contribution in [1.82, 2.24) is 4.90 Å². The van der Waals surface area contributed by atoms with Crippen molar-refractivity contribution in [3.8, 4) is 0 Å². The molecule has 1 saturated carbocycles. The van der Waals surface area contributed by atoms with Gasteiger partial charge < -0.3 is 9.69 Å². The Morgan fingerprint density at radius 2 is 1.94 bits per heavy atom. The Labute approximate surface area is 109 Å². The van der Waals surface area contributed by atoms with Crippen molar-refractivity contribution >= 4 is 6.29 Å².